The van der Waals surface area contributed by atoms with Crippen LogP contribution in [-0.2, 0) is 22.5 Å². The first-order valence-electron chi connectivity index (χ1n) is 15.2. The number of ether oxygens (including phenoxy) is 4. The molecule has 0 saturated carbocycles. The fourth-order valence-corrected chi connectivity index (χ4v) is 7.19. The number of methoxy groups -OCH3 is 1. The highest BCUT2D eigenvalue weighted by Gasteiger charge is 2.66. The third-order valence-corrected chi connectivity index (χ3v) is 9.25. The number of fused-ring (bicyclic) bond motifs is 4. The smallest absolute Gasteiger partial charge is 0.508 e. The summed E-state index contributed by atoms with van der Waals surface area (Å²) in [6.07, 6.45) is -0.688. The molecule has 0 aliphatic heterocycles. The van der Waals surface area contributed by atoms with E-state index in [1.165, 1.54) is 13.2 Å². The SMILES string of the molecule is COC[C@@]12Cc3c(C)ccc(OC(=O)OC(C)(C)C)c3C(=O)C1=C(O)[C@]1(O)C(=O)c3c(OCc4ccccc4)noc3[C@@H](C)[C@@H]1C2. The average molecular weight is 632 g/mol. The van der Waals surface area contributed by atoms with Crippen LogP contribution in [0.15, 0.2) is 58.3 Å². The molecule has 6 rings (SSSR count). The summed E-state index contributed by atoms with van der Waals surface area (Å²) in [6.45, 7) is 8.77. The zero-order valence-corrected chi connectivity index (χ0v) is 26.6. The standard InChI is InChI=1S/C35H37NO10/c1-18-12-13-23(44-32(40)45-33(3,4)5)24-21(18)14-34(17-42-6)15-22-19(2)28-25(29(38)35(22,41)30(39)26(34)27(24)37)31(36-46-28)43-16-20-10-8-7-9-11-20/h7-13,19,22,39,41H,14-17H2,1-6H3/t19-,22-,34-,35+/m0/s1. The maximum Gasteiger partial charge on any atom is 0.514 e. The lowest BCUT2D eigenvalue weighted by Crippen LogP contribution is -2.60. The van der Waals surface area contributed by atoms with Gasteiger partial charge in [0.1, 0.15) is 29.3 Å². The van der Waals surface area contributed by atoms with E-state index in [1.807, 2.05) is 37.3 Å². The van der Waals surface area contributed by atoms with E-state index in [4.69, 9.17) is 23.5 Å². The Kier molecular flexibility index (Phi) is 7.60. The van der Waals surface area contributed by atoms with Gasteiger partial charge in [-0.25, -0.2) is 4.79 Å². The van der Waals surface area contributed by atoms with Crippen molar-refractivity contribution in [1.82, 2.24) is 5.16 Å². The van der Waals surface area contributed by atoms with Crippen LogP contribution >= 0.6 is 0 Å². The van der Waals surface area contributed by atoms with Crippen molar-refractivity contribution in [2.75, 3.05) is 13.7 Å². The summed E-state index contributed by atoms with van der Waals surface area (Å²) in [5.74, 6) is -3.74. The van der Waals surface area contributed by atoms with Gasteiger partial charge in [0.15, 0.2) is 17.1 Å². The van der Waals surface area contributed by atoms with Crippen molar-refractivity contribution in [3.05, 3.63) is 87.4 Å². The second kappa shape index (κ2) is 11.1. The van der Waals surface area contributed by atoms with Crippen LogP contribution in [0.25, 0.3) is 0 Å². The maximum atomic E-state index is 14.5. The molecular formula is C35H37NO10. The van der Waals surface area contributed by atoms with Crippen LogP contribution in [0.3, 0.4) is 0 Å². The molecule has 0 spiro atoms. The summed E-state index contributed by atoms with van der Waals surface area (Å²) < 4.78 is 28.0. The lowest BCUT2D eigenvalue weighted by Gasteiger charge is -2.52. The first-order valence-corrected chi connectivity index (χ1v) is 15.2. The van der Waals surface area contributed by atoms with E-state index in [2.05, 4.69) is 5.16 Å². The van der Waals surface area contributed by atoms with Gasteiger partial charge >= 0.3 is 6.16 Å². The van der Waals surface area contributed by atoms with Crippen molar-refractivity contribution in [3.63, 3.8) is 0 Å². The molecule has 3 aromatic rings. The normalized spacial score (nSPS) is 25.3. The highest BCUT2D eigenvalue weighted by molar-refractivity contribution is 6.16. The molecule has 1 heterocycles. The number of benzene rings is 2. The summed E-state index contributed by atoms with van der Waals surface area (Å²) >= 11 is 0. The van der Waals surface area contributed by atoms with Gasteiger partial charge in [-0.15, -0.1) is 0 Å². The topological polar surface area (TPSA) is 155 Å². The van der Waals surface area contributed by atoms with Crippen LogP contribution in [0.4, 0.5) is 4.79 Å². The summed E-state index contributed by atoms with van der Waals surface area (Å²) in [4.78, 5) is 41.4. The molecule has 0 bridgehead atoms. The molecule has 3 aliphatic carbocycles. The molecule has 2 N–H and O–H groups in total. The molecule has 0 unspecified atom stereocenters. The monoisotopic (exact) mass is 631 g/mol. The van der Waals surface area contributed by atoms with Crippen LogP contribution < -0.4 is 9.47 Å². The van der Waals surface area contributed by atoms with E-state index in [0.29, 0.717) is 5.56 Å². The Morgan fingerprint density at radius 1 is 1.11 bits per heavy atom. The van der Waals surface area contributed by atoms with Crippen molar-refractivity contribution < 1.29 is 48.1 Å². The summed E-state index contributed by atoms with van der Waals surface area (Å²) in [5, 5.41) is 28.3. The molecule has 4 atom stereocenters. The molecule has 242 valence electrons. The number of rotatable bonds is 6. The van der Waals surface area contributed by atoms with E-state index in [0.717, 1.165) is 11.1 Å². The molecule has 0 fully saturated rings. The van der Waals surface area contributed by atoms with Crippen LogP contribution in [0.2, 0.25) is 0 Å². The largest absolute Gasteiger partial charge is 0.514 e. The number of Topliss-reactive ketones (excluding diaryl/α,β-unsaturated/α-hetero) is 2. The number of aryl methyl sites for hydroxylation is 1. The Morgan fingerprint density at radius 3 is 2.50 bits per heavy atom. The van der Waals surface area contributed by atoms with E-state index in [1.54, 1.807) is 33.8 Å². The third kappa shape index (κ3) is 4.89. The summed E-state index contributed by atoms with van der Waals surface area (Å²) in [5.41, 5.74) is -2.44. The van der Waals surface area contributed by atoms with E-state index < -0.39 is 51.9 Å². The molecule has 0 radical (unpaired) electrons. The van der Waals surface area contributed by atoms with Crippen molar-refractivity contribution in [2.45, 2.75) is 71.2 Å². The predicted octanol–water partition coefficient (Wildman–Crippen LogP) is 5.81. The lowest BCUT2D eigenvalue weighted by atomic mass is 9.52. The van der Waals surface area contributed by atoms with Gasteiger partial charge in [-0.3, -0.25) is 9.59 Å². The van der Waals surface area contributed by atoms with Crippen molar-refractivity contribution in [2.24, 2.45) is 11.3 Å². The highest BCUT2D eigenvalue weighted by Crippen LogP contribution is 2.60. The Bertz CT molecular complexity index is 1770. The van der Waals surface area contributed by atoms with Crippen LogP contribution in [0, 0.1) is 18.3 Å². The summed E-state index contributed by atoms with van der Waals surface area (Å²) in [7, 11) is 1.49. The number of aliphatic hydroxyl groups excluding tert-OH is 1. The van der Waals surface area contributed by atoms with Crippen molar-refractivity contribution >= 4 is 17.7 Å². The second-order valence-electron chi connectivity index (χ2n) is 13.4. The second-order valence-corrected chi connectivity index (χ2v) is 13.4. The van der Waals surface area contributed by atoms with Gasteiger partial charge in [0.2, 0.25) is 5.78 Å². The average Bonchev–Trinajstić information content (AvgIpc) is 3.42. The quantitative estimate of drug-likeness (QED) is 0.250. The van der Waals surface area contributed by atoms with Crippen molar-refractivity contribution in [3.8, 4) is 11.6 Å². The highest BCUT2D eigenvalue weighted by atomic mass is 16.7. The Balaban J connectivity index is 1.46. The van der Waals surface area contributed by atoms with Gasteiger partial charge in [0, 0.05) is 24.4 Å². The number of aromatic nitrogens is 1. The number of ketones is 2. The predicted molar refractivity (Wildman–Crippen MR) is 163 cm³/mol. The Hall–Kier alpha value is -4.48. The molecule has 2 aromatic carbocycles. The molecule has 1 aromatic heterocycles. The Labute approximate surface area is 266 Å². The van der Waals surface area contributed by atoms with Crippen LogP contribution in [0.5, 0.6) is 11.6 Å². The van der Waals surface area contributed by atoms with Gasteiger partial charge in [0.25, 0.3) is 5.88 Å². The van der Waals surface area contributed by atoms with Gasteiger partial charge in [-0.2, -0.15) is 0 Å². The summed E-state index contributed by atoms with van der Waals surface area (Å²) in [6, 6.07) is 12.5. The third-order valence-electron chi connectivity index (χ3n) is 9.25. The van der Waals surface area contributed by atoms with Crippen LogP contribution in [0.1, 0.15) is 83.2 Å². The van der Waals surface area contributed by atoms with Gasteiger partial charge in [-0.1, -0.05) is 43.3 Å². The minimum Gasteiger partial charge on any atom is -0.508 e. The lowest BCUT2D eigenvalue weighted by molar-refractivity contribution is -0.0568. The molecule has 0 amide bonds. The molecular weight excluding hydrogens is 594 g/mol. The van der Waals surface area contributed by atoms with E-state index in [9.17, 15) is 24.6 Å². The first kappa shape index (κ1) is 31.5. The molecule has 46 heavy (non-hydrogen) atoms. The molecule has 11 heteroatoms. The first-order chi connectivity index (χ1) is 21.7. The number of carbonyl (C=O) groups excluding carboxylic acids is 3. The fraction of sp³-hybridized carbons (Fsp3) is 0.429. The minimum atomic E-state index is -2.49. The molecule has 0 saturated heterocycles. The van der Waals surface area contributed by atoms with E-state index in [-0.39, 0.29) is 60.1 Å². The number of nitrogens with zero attached hydrogens (tertiary/aromatic N) is 1. The number of aliphatic hydroxyl groups is 2. The fourth-order valence-electron chi connectivity index (χ4n) is 7.19. The Morgan fingerprint density at radius 2 is 1.83 bits per heavy atom. The van der Waals surface area contributed by atoms with Gasteiger partial charge in [-0.05, 0) is 68.4 Å². The molecule has 3 aliphatic rings. The maximum absolute atomic E-state index is 14.5. The van der Waals surface area contributed by atoms with Crippen LogP contribution in [-0.4, -0.2) is 58.0 Å². The number of carbonyl (C=O) groups is 3. The van der Waals surface area contributed by atoms with Gasteiger partial charge in [0.05, 0.1) is 17.7 Å². The molecule has 11 nitrogen and oxygen atoms in total. The van der Waals surface area contributed by atoms with E-state index >= 15 is 0 Å². The number of hydrogen-bond acceptors (Lipinski definition) is 11. The minimum absolute atomic E-state index is 0.0103. The zero-order chi connectivity index (χ0) is 33.2. The number of hydrogen-bond donors (Lipinski definition) is 2. The zero-order valence-electron chi connectivity index (χ0n) is 26.6. The van der Waals surface area contributed by atoms with Crippen molar-refractivity contribution in [1.29, 1.82) is 0 Å². The van der Waals surface area contributed by atoms with Gasteiger partial charge < -0.3 is 33.7 Å².